The van der Waals surface area contributed by atoms with Gasteiger partial charge in [0.1, 0.15) is 6.04 Å². The molecule has 0 aliphatic rings. The van der Waals surface area contributed by atoms with Crippen LogP contribution in [-0.4, -0.2) is 10.2 Å². The van der Waals surface area contributed by atoms with E-state index < -0.39 is 0 Å². The van der Waals surface area contributed by atoms with Crippen LogP contribution in [0.15, 0.2) is 83.3 Å². The summed E-state index contributed by atoms with van der Waals surface area (Å²) >= 11 is 0. The van der Waals surface area contributed by atoms with Gasteiger partial charge in [0.2, 0.25) is 5.89 Å². The Morgan fingerprint density at radius 1 is 0.759 bits per heavy atom. The van der Waals surface area contributed by atoms with Gasteiger partial charge in [-0.05, 0) is 32.9 Å². The first-order valence-electron chi connectivity index (χ1n) is 9.97. The van der Waals surface area contributed by atoms with Crippen LogP contribution in [0.25, 0.3) is 11.5 Å². The highest BCUT2D eigenvalue weighted by molar-refractivity contribution is 5.53. The summed E-state index contributed by atoms with van der Waals surface area (Å²) in [4.78, 5) is 0. The third-order valence-corrected chi connectivity index (χ3v) is 5.17. The minimum Gasteiger partial charge on any atom is -0.415 e. The van der Waals surface area contributed by atoms with Crippen LogP contribution in [0.2, 0.25) is 0 Å². The smallest absolute Gasteiger partial charge is 0.274 e. The minimum atomic E-state index is 0.0209. The van der Waals surface area contributed by atoms with Crippen LogP contribution in [0.1, 0.15) is 47.2 Å². The molecule has 4 nitrogen and oxygen atoms in total. The van der Waals surface area contributed by atoms with E-state index in [1.807, 2.05) is 18.2 Å². The lowest BCUT2D eigenvalue weighted by atomic mass is 9.97. The fourth-order valence-electron chi connectivity index (χ4n) is 3.53. The van der Waals surface area contributed by atoms with Crippen molar-refractivity contribution in [1.29, 1.82) is 0 Å². The molecule has 0 bridgehead atoms. The lowest BCUT2D eigenvalue weighted by Gasteiger charge is -2.19. The highest BCUT2D eigenvalue weighted by Gasteiger charge is 2.25. The predicted octanol–water partition coefficient (Wildman–Crippen LogP) is 4.77. The summed E-state index contributed by atoms with van der Waals surface area (Å²) in [5, 5.41) is 10.9. The van der Waals surface area contributed by atoms with Crippen LogP contribution in [-0.2, 0) is 0 Å². The number of rotatable bonds is 6. The minimum absolute atomic E-state index is 0.0209. The first-order chi connectivity index (χ1) is 14.1. The number of aryl methyl sites for hydroxylation is 2. The third-order valence-electron chi connectivity index (χ3n) is 5.17. The summed E-state index contributed by atoms with van der Waals surface area (Å²) in [5.41, 5.74) is 5.89. The molecule has 0 unspecified atom stereocenters. The third kappa shape index (κ3) is 4.44. The largest absolute Gasteiger partial charge is 0.415 e. The second-order valence-corrected chi connectivity index (χ2v) is 7.60. The number of aromatic nitrogens is 2. The van der Waals surface area contributed by atoms with E-state index in [0.29, 0.717) is 11.8 Å². The first kappa shape index (κ1) is 19.1. The van der Waals surface area contributed by atoms with Crippen molar-refractivity contribution in [2.24, 2.45) is 0 Å². The molecule has 2 atom stereocenters. The molecule has 0 spiro atoms. The molecule has 0 aliphatic carbocycles. The maximum Gasteiger partial charge on any atom is 0.274 e. The summed E-state index contributed by atoms with van der Waals surface area (Å²) in [7, 11) is 0. The lowest BCUT2D eigenvalue weighted by Crippen LogP contribution is -2.86. The summed E-state index contributed by atoms with van der Waals surface area (Å²) < 4.78 is 6.02. The van der Waals surface area contributed by atoms with E-state index in [0.717, 1.165) is 5.56 Å². The van der Waals surface area contributed by atoms with Gasteiger partial charge in [-0.3, -0.25) is 0 Å². The number of nitrogens with two attached hydrogens (primary N) is 1. The van der Waals surface area contributed by atoms with E-state index in [2.05, 4.69) is 96.9 Å². The number of quaternary nitrogens is 1. The van der Waals surface area contributed by atoms with E-state index in [4.69, 9.17) is 4.42 Å². The van der Waals surface area contributed by atoms with Crippen LogP contribution in [0.4, 0.5) is 0 Å². The van der Waals surface area contributed by atoms with Crippen molar-refractivity contribution in [3.63, 3.8) is 0 Å². The molecule has 0 radical (unpaired) electrons. The van der Waals surface area contributed by atoms with E-state index in [9.17, 15) is 0 Å². The molecule has 4 rings (SSSR count). The summed E-state index contributed by atoms with van der Waals surface area (Å²) in [6, 6.07) is 27.6. The standard InChI is InChI=1S/C25H25N3O/c1-17-12-14-21(15-13-17)23(20-9-5-4-6-10-20)26-19(3)24-27-28-25(29-24)22-11-7-8-18(2)16-22/h4-16,19,23,26H,1-3H3/p+1/t19-,23+/m1/s1. The number of nitrogens with zero attached hydrogens (tertiary/aromatic N) is 2. The fraction of sp³-hybridized carbons (Fsp3) is 0.200. The number of hydrogen-bond donors (Lipinski definition) is 1. The van der Waals surface area contributed by atoms with Gasteiger partial charge < -0.3 is 9.73 Å². The fourth-order valence-corrected chi connectivity index (χ4v) is 3.53. The Bertz CT molecular complexity index is 1070. The molecular formula is C25H26N3O+. The molecule has 2 N–H and O–H groups in total. The van der Waals surface area contributed by atoms with E-state index in [1.165, 1.54) is 22.3 Å². The van der Waals surface area contributed by atoms with Crippen LogP contribution in [0.5, 0.6) is 0 Å². The van der Waals surface area contributed by atoms with Crippen molar-refractivity contribution in [1.82, 2.24) is 10.2 Å². The van der Waals surface area contributed by atoms with Crippen LogP contribution in [0.3, 0.4) is 0 Å². The Kier molecular flexibility index (Phi) is 5.54. The van der Waals surface area contributed by atoms with Gasteiger partial charge in [0.15, 0.2) is 6.04 Å². The zero-order valence-electron chi connectivity index (χ0n) is 17.0. The number of benzene rings is 3. The molecule has 0 saturated carbocycles. The first-order valence-corrected chi connectivity index (χ1v) is 9.97. The van der Waals surface area contributed by atoms with Crippen LogP contribution >= 0.6 is 0 Å². The average molecular weight is 385 g/mol. The molecule has 3 aromatic carbocycles. The van der Waals surface area contributed by atoms with Gasteiger partial charge in [0.05, 0.1) is 0 Å². The Labute approximate surface area is 171 Å². The van der Waals surface area contributed by atoms with Crippen molar-refractivity contribution in [3.8, 4) is 11.5 Å². The van der Waals surface area contributed by atoms with Crippen LogP contribution < -0.4 is 5.32 Å². The summed E-state index contributed by atoms with van der Waals surface area (Å²) in [5.74, 6) is 1.20. The Balaban J connectivity index is 1.60. The van der Waals surface area contributed by atoms with Gasteiger partial charge in [-0.25, -0.2) is 0 Å². The van der Waals surface area contributed by atoms with Gasteiger partial charge in [0.25, 0.3) is 5.89 Å². The zero-order valence-corrected chi connectivity index (χ0v) is 17.0. The van der Waals surface area contributed by atoms with Gasteiger partial charge in [-0.15, -0.1) is 10.2 Å². The van der Waals surface area contributed by atoms with Gasteiger partial charge in [-0.1, -0.05) is 77.9 Å². The maximum atomic E-state index is 6.02. The molecule has 0 saturated heterocycles. The monoisotopic (exact) mass is 384 g/mol. The highest BCUT2D eigenvalue weighted by Crippen LogP contribution is 2.23. The van der Waals surface area contributed by atoms with E-state index in [1.54, 1.807) is 0 Å². The SMILES string of the molecule is Cc1ccc([C@@H]([NH2+][C@H](C)c2nnc(-c3cccc(C)c3)o2)c2ccccc2)cc1. The van der Waals surface area contributed by atoms with Crippen molar-refractivity contribution >= 4 is 0 Å². The zero-order chi connectivity index (χ0) is 20.2. The molecule has 29 heavy (non-hydrogen) atoms. The average Bonchev–Trinajstić information content (AvgIpc) is 3.24. The molecule has 146 valence electrons. The maximum absolute atomic E-state index is 6.02. The topological polar surface area (TPSA) is 55.5 Å². The Hall–Kier alpha value is -3.24. The Morgan fingerprint density at radius 2 is 1.48 bits per heavy atom. The van der Waals surface area contributed by atoms with Gasteiger partial charge in [0, 0.05) is 16.7 Å². The molecular weight excluding hydrogens is 358 g/mol. The molecule has 4 aromatic rings. The molecule has 0 amide bonds. The van der Waals surface area contributed by atoms with Gasteiger partial charge in [-0.2, -0.15) is 0 Å². The second kappa shape index (κ2) is 8.41. The highest BCUT2D eigenvalue weighted by atomic mass is 16.4. The van der Waals surface area contributed by atoms with Crippen molar-refractivity contribution in [3.05, 3.63) is 107 Å². The summed E-state index contributed by atoms with van der Waals surface area (Å²) in [6.45, 7) is 6.28. The van der Waals surface area contributed by atoms with Crippen molar-refractivity contribution < 1.29 is 9.73 Å². The van der Waals surface area contributed by atoms with Crippen LogP contribution in [0, 0.1) is 13.8 Å². The van der Waals surface area contributed by atoms with E-state index >= 15 is 0 Å². The molecule has 1 heterocycles. The molecule has 4 heteroatoms. The molecule has 1 aromatic heterocycles. The van der Waals surface area contributed by atoms with E-state index in [-0.39, 0.29) is 12.1 Å². The van der Waals surface area contributed by atoms with Crippen molar-refractivity contribution in [2.45, 2.75) is 32.9 Å². The second-order valence-electron chi connectivity index (χ2n) is 7.60. The predicted molar refractivity (Wildman–Crippen MR) is 114 cm³/mol. The summed E-state index contributed by atoms with van der Waals surface area (Å²) in [6.07, 6.45) is 0. The number of hydrogen-bond acceptors (Lipinski definition) is 3. The quantitative estimate of drug-likeness (QED) is 0.521. The van der Waals surface area contributed by atoms with Gasteiger partial charge >= 0.3 is 0 Å². The molecule has 0 aliphatic heterocycles. The normalized spacial score (nSPS) is 13.2. The molecule has 0 fully saturated rings. The van der Waals surface area contributed by atoms with Crippen molar-refractivity contribution in [2.75, 3.05) is 0 Å². The Morgan fingerprint density at radius 3 is 2.21 bits per heavy atom. The lowest BCUT2D eigenvalue weighted by molar-refractivity contribution is -0.725.